The van der Waals surface area contributed by atoms with Crippen molar-refractivity contribution in [2.24, 2.45) is 0 Å². The van der Waals surface area contributed by atoms with Gasteiger partial charge >= 0.3 is 0 Å². The van der Waals surface area contributed by atoms with Gasteiger partial charge in [-0.2, -0.15) is 0 Å². The van der Waals surface area contributed by atoms with Crippen LogP contribution in [-0.2, 0) is 0 Å². The third-order valence-electron chi connectivity index (χ3n) is 2.91. The molecule has 0 aliphatic carbocycles. The van der Waals surface area contributed by atoms with Crippen molar-refractivity contribution in [2.45, 2.75) is 38.9 Å². The molecular formula is C12H18FOSi. The second-order valence-corrected chi connectivity index (χ2v) is 9.96. The normalized spacial score (nSPS) is 12.7. The van der Waals surface area contributed by atoms with Crippen molar-refractivity contribution < 1.29 is 8.82 Å². The molecule has 0 spiro atoms. The highest BCUT2D eigenvalue weighted by atomic mass is 28.4. The summed E-state index contributed by atoms with van der Waals surface area (Å²) in [4.78, 5) is 0. The number of hydrogen-bond donors (Lipinski definition) is 0. The highest BCUT2D eigenvalue weighted by Crippen LogP contribution is 2.37. The largest absolute Gasteiger partial charge is 0.543 e. The molecule has 1 aromatic carbocycles. The number of rotatable bonds is 2. The molecular weight excluding hydrogens is 207 g/mol. The van der Waals surface area contributed by atoms with Crippen molar-refractivity contribution in [3.63, 3.8) is 0 Å². The maximum Gasteiger partial charge on any atom is 0.250 e. The van der Waals surface area contributed by atoms with E-state index in [1.54, 1.807) is 6.07 Å². The van der Waals surface area contributed by atoms with E-state index in [0.717, 1.165) is 0 Å². The van der Waals surface area contributed by atoms with E-state index in [2.05, 4.69) is 39.9 Å². The molecule has 1 rings (SSSR count). The van der Waals surface area contributed by atoms with Crippen LogP contribution in [0.5, 0.6) is 5.75 Å². The van der Waals surface area contributed by atoms with E-state index in [-0.39, 0.29) is 10.9 Å². The summed E-state index contributed by atoms with van der Waals surface area (Å²) >= 11 is 0. The van der Waals surface area contributed by atoms with Crippen LogP contribution < -0.4 is 4.43 Å². The maximum atomic E-state index is 13.0. The Hall–Kier alpha value is -0.833. The molecule has 0 N–H and O–H groups in total. The van der Waals surface area contributed by atoms with Crippen LogP contribution in [0.25, 0.3) is 0 Å². The van der Waals surface area contributed by atoms with Gasteiger partial charge in [0.05, 0.1) is 0 Å². The van der Waals surface area contributed by atoms with E-state index in [0.29, 0.717) is 5.75 Å². The minimum absolute atomic E-state index is 0.118. The lowest BCUT2D eigenvalue weighted by Crippen LogP contribution is -2.43. The van der Waals surface area contributed by atoms with Crippen molar-refractivity contribution in [3.05, 3.63) is 30.1 Å². The number of benzene rings is 1. The third-order valence-corrected chi connectivity index (χ3v) is 7.25. The molecule has 0 unspecified atom stereocenters. The summed E-state index contributed by atoms with van der Waals surface area (Å²) in [6, 6.07) is 7.23. The zero-order valence-corrected chi connectivity index (χ0v) is 11.0. The van der Waals surface area contributed by atoms with Crippen LogP contribution in [0, 0.1) is 11.9 Å². The van der Waals surface area contributed by atoms with Gasteiger partial charge in [0.2, 0.25) is 0 Å². The molecule has 0 fully saturated rings. The Bertz CT molecular complexity index is 342. The molecule has 1 nitrogen and oxygen atoms in total. The Morgan fingerprint density at radius 3 is 2.40 bits per heavy atom. The average Bonchev–Trinajstić information content (AvgIpc) is 2.00. The molecule has 0 amide bonds. The van der Waals surface area contributed by atoms with Crippen LogP contribution in [0.1, 0.15) is 20.8 Å². The predicted octanol–water partition coefficient (Wildman–Crippen LogP) is 4.01. The molecule has 0 atom stereocenters. The molecule has 0 saturated carbocycles. The molecule has 0 saturated heterocycles. The molecule has 0 heterocycles. The summed E-state index contributed by atoms with van der Waals surface area (Å²) in [5.41, 5.74) is 0. The van der Waals surface area contributed by atoms with Gasteiger partial charge in [0.25, 0.3) is 8.32 Å². The second kappa shape index (κ2) is 3.97. The van der Waals surface area contributed by atoms with E-state index < -0.39 is 8.32 Å². The van der Waals surface area contributed by atoms with Gasteiger partial charge in [-0.1, -0.05) is 20.8 Å². The van der Waals surface area contributed by atoms with E-state index in [1.807, 2.05) is 0 Å². The molecule has 0 aliphatic rings. The third kappa shape index (κ3) is 3.06. The summed E-state index contributed by atoms with van der Waals surface area (Å²) in [7, 11) is -1.87. The van der Waals surface area contributed by atoms with Gasteiger partial charge in [-0.05, 0) is 30.3 Å². The fourth-order valence-corrected chi connectivity index (χ4v) is 1.88. The fourth-order valence-electron chi connectivity index (χ4n) is 0.905. The summed E-state index contributed by atoms with van der Waals surface area (Å²) in [5.74, 6) is 0.240. The molecule has 3 heteroatoms. The monoisotopic (exact) mass is 225 g/mol. The highest BCUT2D eigenvalue weighted by molar-refractivity contribution is 6.74. The quantitative estimate of drug-likeness (QED) is 0.691. The fraction of sp³-hybridized carbons (Fsp3) is 0.500. The lowest BCUT2D eigenvalue weighted by molar-refractivity contribution is 0.486. The Labute approximate surface area is 92.4 Å². The molecule has 0 aliphatic heterocycles. The summed E-state index contributed by atoms with van der Waals surface area (Å²) in [5, 5.41) is 0.118. The second-order valence-electron chi connectivity index (χ2n) is 5.23. The number of halogens is 1. The molecule has 0 aromatic heterocycles. The topological polar surface area (TPSA) is 9.23 Å². The van der Waals surface area contributed by atoms with Gasteiger partial charge in [0.1, 0.15) is 11.6 Å². The predicted molar refractivity (Wildman–Crippen MR) is 63.1 cm³/mol. The molecule has 83 valence electrons. The maximum absolute atomic E-state index is 13.0. The lowest BCUT2D eigenvalue weighted by atomic mass is 10.2. The minimum atomic E-state index is -1.87. The standard InChI is InChI=1S/C12H18FOSi/c1-12(2,3)15(4,5)14-11-8-6-7-10(13)9-11/h6-7,9H,1-5H3. The van der Waals surface area contributed by atoms with Gasteiger partial charge in [-0.25, -0.2) is 4.39 Å². The van der Waals surface area contributed by atoms with Crippen LogP contribution in [0.4, 0.5) is 4.39 Å². The lowest BCUT2D eigenvalue weighted by Gasteiger charge is -2.36. The van der Waals surface area contributed by atoms with Crippen molar-refractivity contribution in [2.75, 3.05) is 0 Å². The van der Waals surface area contributed by atoms with Crippen LogP contribution in [0.15, 0.2) is 18.2 Å². The SMILES string of the molecule is CC(C)(C)[Si](C)(C)Oc1[c]ccc(F)c1. The molecule has 1 aromatic rings. The van der Waals surface area contributed by atoms with Crippen molar-refractivity contribution in [3.8, 4) is 5.75 Å². The Balaban J connectivity index is 2.87. The zero-order valence-electron chi connectivity index (χ0n) is 10.0. The molecule has 1 radical (unpaired) electrons. The summed E-state index contributed by atoms with van der Waals surface area (Å²) < 4.78 is 18.8. The highest BCUT2D eigenvalue weighted by Gasteiger charge is 2.38. The summed E-state index contributed by atoms with van der Waals surface area (Å²) in [6.45, 7) is 10.7. The molecule has 0 bridgehead atoms. The Morgan fingerprint density at radius 2 is 1.93 bits per heavy atom. The molecule has 15 heavy (non-hydrogen) atoms. The smallest absolute Gasteiger partial charge is 0.250 e. The Morgan fingerprint density at radius 1 is 1.33 bits per heavy atom. The average molecular weight is 225 g/mol. The van der Waals surface area contributed by atoms with Crippen LogP contribution in [0.3, 0.4) is 0 Å². The van der Waals surface area contributed by atoms with E-state index in [1.165, 1.54) is 12.1 Å². The Kier molecular flexibility index (Phi) is 3.24. The van der Waals surface area contributed by atoms with Crippen molar-refractivity contribution in [1.82, 2.24) is 0 Å². The van der Waals surface area contributed by atoms with Crippen LogP contribution in [0.2, 0.25) is 18.1 Å². The van der Waals surface area contributed by atoms with Gasteiger partial charge < -0.3 is 4.43 Å². The van der Waals surface area contributed by atoms with Gasteiger partial charge in [0.15, 0.2) is 0 Å². The van der Waals surface area contributed by atoms with E-state index >= 15 is 0 Å². The summed E-state index contributed by atoms with van der Waals surface area (Å²) in [6.07, 6.45) is 0. The first-order valence-corrected chi connectivity index (χ1v) is 7.99. The first-order valence-electron chi connectivity index (χ1n) is 5.09. The van der Waals surface area contributed by atoms with Gasteiger partial charge in [-0.3, -0.25) is 0 Å². The minimum Gasteiger partial charge on any atom is -0.543 e. The van der Waals surface area contributed by atoms with Crippen molar-refractivity contribution in [1.29, 1.82) is 0 Å². The van der Waals surface area contributed by atoms with E-state index in [9.17, 15) is 4.39 Å². The first kappa shape index (κ1) is 12.2. The van der Waals surface area contributed by atoms with Gasteiger partial charge in [-0.15, -0.1) is 0 Å². The van der Waals surface area contributed by atoms with Crippen LogP contribution in [-0.4, -0.2) is 8.32 Å². The van der Waals surface area contributed by atoms with Gasteiger partial charge in [0, 0.05) is 12.1 Å². The number of hydrogen-bond acceptors (Lipinski definition) is 1. The van der Waals surface area contributed by atoms with Crippen LogP contribution >= 0.6 is 0 Å². The first-order chi connectivity index (χ1) is 6.72. The zero-order chi connectivity index (χ0) is 11.7. The van der Waals surface area contributed by atoms with Crippen molar-refractivity contribution >= 4 is 8.32 Å². The van der Waals surface area contributed by atoms with E-state index in [4.69, 9.17) is 4.43 Å².